The first kappa shape index (κ1) is 21.1. The summed E-state index contributed by atoms with van der Waals surface area (Å²) in [5.41, 5.74) is 2.79. The highest BCUT2D eigenvalue weighted by atomic mass is 16.2. The van der Waals surface area contributed by atoms with E-state index in [9.17, 15) is 9.59 Å². The van der Waals surface area contributed by atoms with E-state index >= 15 is 0 Å². The van der Waals surface area contributed by atoms with Gasteiger partial charge < -0.3 is 15.5 Å². The molecule has 3 aromatic carbocycles. The number of anilines is 1. The van der Waals surface area contributed by atoms with Crippen LogP contribution in [-0.2, 0) is 11.3 Å². The van der Waals surface area contributed by atoms with Crippen LogP contribution in [0.5, 0.6) is 0 Å². The Balaban J connectivity index is 1.64. The van der Waals surface area contributed by atoms with Crippen molar-refractivity contribution in [2.45, 2.75) is 25.9 Å². The minimum Gasteiger partial charge on any atom is -0.352 e. The zero-order chi connectivity index (χ0) is 21.2. The minimum absolute atomic E-state index is 0.0865. The largest absolute Gasteiger partial charge is 0.352 e. The summed E-state index contributed by atoms with van der Waals surface area (Å²) in [6.45, 7) is 2.77. The van der Waals surface area contributed by atoms with Crippen LogP contribution >= 0.6 is 0 Å². The number of nitrogens with one attached hydrogen (secondary N) is 2. The van der Waals surface area contributed by atoms with Crippen LogP contribution in [0.2, 0.25) is 0 Å². The summed E-state index contributed by atoms with van der Waals surface area (Å²) in [7, 11) is 0. The number of nitrogens with zero attached hydrogens (tertiary/aromatic N) is 1. The monoisotopic (exact) mass is 401 g/mol. The molecule has 0 saturated heterocycles. The Labute approximate surface area is 177 Å². The second-order valence-corrected chi connectivity index (χ2v) is 7.09. The molecule has 5 heteroatoms. The van der Waals surface area contributed by atoms with Gasteiger partial charge in [0.05, 0.1) is 6.04 Å². The van der Waals surface area contributed by atoms with Crippen molar-refractivity contribution in [3.8, 4) is 0 Å². The number of para-hydroxylation sites is 1. The van der Waals surface area contributed by atoms with Crippen LogP contribution in [0.15, 0.2) is 91.0 Å². The smallest absolute Gasteiger partial charge is 0.322 e. The molecule has 3 amide bonds. The molecule has 0 spiro atoms. The average molecular weight is 402 g/mol. The van der Waals surface area contributed by atoms with Gasteiger partial charge in [-0.2, -0.15) is 0 Å². The van der Waals surface area contributed by atoms with Crippen LogP contribution in [0.3, 0.4) is 0 Å². The van der Waals surface area contributed by atoms with Crippen LogP contribution in [0.4, 0.5) is 10.5 Å². The van der Waals surface area contributed by atoms with Gasteiger partial charge in [-0.15, -0.1) is 0 Å². The molecule has 1 unspecified atom stereocenters. The fourth-order valence-corrected chi connectivity index (χ4v) is 3.21. The summed E-state index contributed by atoms with van der Waals surface area (Å²) in [6, 6.07) is 28.5. The van der Waals surface area contributed by atoms with Gasteiger partial charge in [-0.3, -0.25) is 4.79 Å². The topological polar surface area (TPSA) is 61.4 Å². The third kappa shape index (κ3) is 6.21. The number of carbonyl (C=O) groups excluding carboxylic acids is 2. The van der Waals surface area contributed by atoms with Crippen LogP contribution < -0.4 is 10.6 Å². The summed E-state index contributed by atoms with van der Waals surface area (Å²) < 4.78 is 0. The van der Waals surface area contributed by atoms with Crippen molar-refractivity contribution in [3.05, 3.63) is 102 Å². The van der Waals surface area contributed by atoms with Crippen molar-refractivity contribution in [1.29, 1.82) is 0 Å². The van der Waals surface area contributed by atoms with E-state index in [1.807, 2.05) is 97.9 Å². The number of hydrogen-bond donors (Lipinski definition) is 2. The lowest BCUT2D eigenvalue weighted by Gasteiger charge is -2.29. The molecule has 30 heavy (non-hydrogen) atoms. The van der Waals surface area contributed by atoms with E-state index in [4.69, 9.17) is 0 Å². The summed E-state index contributed by atoms with van der Waals surface area (Å²) in [5.74, 6) is -0.0865. The molecule has 154 valence electrons. The van der Waals surface area contributed by atoms with Crippen LogP contribution in [-0.4, -0.2) is 23.4 Å². The number of benzene rings is 3. The first-order chi connectivity index (χ1) is 14.6. The molecule has 0 fully saturated rings. The average Bonchev–Trinajstić information content (AvgIpc) is 2.79. The lowest BCUT2D eigenvalue weighted by atomic mass is 10.1. The Bertz CT molecular complexity index is 930. The van der Waals surface area contributed by atoms with Crippen LogP contribution in [0, 0.1) is 0 Å². The molecule has 0 aliphatic rings. The summed E-state index contributed by atoms with van der Waals surface area (Å²) >= 11 is 0. The predicted molar refractivity (Wildman–Crippen MR) is 120 cm³/mol. The maximum Gasteiger partial charge on any atom is 0.322 e. The second-order valence-electron chi connectivity index (χ2n) is 7.09. The first-order valence-corrected chi connectivity index (χ1v) is 10.1. The minimum atomic E-state index is -0.228. The maximum absolute atomic E-state index is 13.0. The SMILES string of the molecule is CC(c1ccccc1)N(CCC(=O)NCc1ccccc1)C(=O)Nc1ccccc1. The van der Waals surface area contributed by atoms with E-state index < -0.39 is 0 Å². The third-order valence-corrected chi connectivity index (χ3v) is 4.95. The van der Waals surface area contributed by atoms with Crippen molar-refractivity contribution >= 4 is 17.6 Å². The number of carbonyl (C=O) groups is 2. The molecule has 1 atom stereocenters. The summed E-state index contributed by atoms with van der Waals surface area (Å²) in [6.07, 6.45) is 0.228. The molecular formula is C25H27N3O2. The van der Waals surface area contributed by atoms with E-state index in [1.54, 1.807) is 4.90 Å². The molecule has 0 aromatic heterocycles. The van der Waals surface area contributed by atoms with Gasteiger partial charge in [0, 0.05) is 25.2 Å². The van der Waals surface area contributed by atoms with Gasteiger partial charge in [-0.25, -0.2) is 4.79 Å². The van der Waals surface area contributed by atoms with Crippen molar-refractivity contribution in [3.63, 3.8) is 0 Å². The van der Waals surface area contributed by atoms with Gasteiger partial charge in [0.25, 0.3) is 0 Å². The van der Waals surface area contributed by atoms with Crippen molar-refractivity contribution in [2.75, 3.05) is 11.9 Å². The molecular weight excluding hydrogens is 374 g/mol. The molecule has 0 radical (unpaired) electrons. The highest BCUT2D eigenvalue weighted by Gasteiger charge is 2.22. The van der Waals surface area contributed by atoms with Gasteiger partial charge in [0.2, 0.25) is 5.91 Å². The number of rotatable bonds is 8. The lowest BCUT2D eigenvalue weighted by molar-refractivity contribution is -0.121. The molecule has 0 saturated carbocycles. The predicted octanol–water partition coefficient (Wildman–Crippen LogP) is 4.99. The van der Waals surface area contributed by atoms with E-state index in [0.717, 1.165) is 16.8 Å². The second kappa shape index (κ2) is 10.8. The third-order valence-electron chi connectivity index (χ3n) is 4.95. The van der Waals surface area contributed by atoms with Crippen molar-refractivity contribution in [2.24, 2.45) is 0 Å². The van der Waals surface area contributed by atoms with E-state index in [1.165, 1.54) is 0 Å². The maximum atomic E-state index is 13.0. The molecule has 2 N–H and O–H groups in total. The van der Waals surface area contributed by atoms with Crippen LogP contribution in [0.1, 0.15) is 30.5 Å². The quantitative estimate of drug-likeness (QED) is 0.559. The summed E-state index contributed by atoms with van der Waals surface area (Å²) in [4.78, 5) is 27.1. The summed E-state index contributed by atoms with van der Waals surface area (Å²) in [5, 5.41) is 5.85. The Hall–Kier alpha value is -3.60. The zero-order valence-electron chi connectivity index (χ0n) is 17.1. The highest BCUT2D eigenvalue weighted by Crippen LogP contribution is 2.21. The molecule has 5 nitrogen and oxygen atoms in total. The normalized spacial score (nSPS) is 11.4. The van der Waals surface area contributed by atoms with Crippen molar-refractivity contribution < 1.29 is 9.59 Å². The molecule has 3 aromatic rings. The van der Waals surface area contributed by atoms with Crippen molar-refractivity contribution in [1.82, 2.24) is 10.2 Å². The van der Waals surface area contributed by atoms with Gasteiger partial charge in [-0.1, -0.05) is 78.9 Å². The van der Waals surface area contributed by atoms with E-state index in [2.05, 4.69) is 10.6 Å². The van der Waals surface area contributed by atoms with E-state index in [0.29, 0.717) is 13.1 Å². The van der Waals surface area contributed by atoms with Gasteiger partial charge in [0.15, 0.2) is 0 Å². The Kier molecular flexibility index (Phi) is 7.61. The number of hydrogen-bond acceptors (Lipinski definition) is 2. The fraction of sp³-hybridized carbons (Fsp3) is 0.200. The molecule has 3 rings (SSSR count). The Morgan fingerprint density at radius 3 is 2.03 bits per heavy atom. The Morgan fingerprint density at radius 2 is 1.40 bits per heavy atom. The molecule has 0 bridgehead atoms. The van der Waals surface area contributed by atoms with Gasteiger partial charge in [0.1, 0.15) is 0 Å². The molecule has 0 aliphatic heterocycles. The molecule has 0 aliphatic carbocycles. The highest BCUT2D eigenvalue weighted by molar-refractivity contribution is 5.90. The zero-order valence-corrected chi connectivity index (χ0v) is 17.1. The number of urea groups is 1. The number of amides is 3. The van der Waals surface area contributed by atoms with Gasteiger partial charge in [-0.05, 0) is 30.2 Å². The van der Waals surface area contributed by atoms with Gasteiger partial charge >= 0.3 is 6.03 Å². The molecule has 0 heterocycles. The lowest BCUT2D eigenvalue weighted by Crippen LogP contribution is -2.39. The first-order valence-electron chi connectivity index (χ1n) is 10.1. The fourth-order valence-electron chi connectivity index (χ4n) is 3.21. The Morgan fingerprint density at radius 1 is 0.833 bits per heavy atom. The van der Waals surface area contributed by atoms with E-state index in [-0.39, 0.29) is 24.4 Å². The standard InChI is InChI=1S/C25H27N3O2/c1-20(22-13-7-3-8-14-22)28(25(30)27-23-15-9-4-10-16-23)18-17-24(29)26-19-21-11-5-2-6-12-21/h2-16,20H,17-19H2,1H3,(H,26,29)(H,27,30). The van der Waals surface area contributed by atoms with Crippen LogP contribution in [0.25, 0.3) is 0 Å².